The molecule has 29 heavy (non-hydrogen) atoms. The lowest BCUT2D eigenvalue weighted by molar-refractivity contribution is 0.0185. The fourth-order valence-electron chi connectivity index (χ4n) is 4.88. The Labute approximate surface area is 175 Å². The molecule has 3 heterocycles. The number of hydrogen-bond acceptors (Lipinski definition) is 6. The highest BCUT2D eigenvalue weighted by Crippen LogP contribution is 2.30. The summed E-state index contributed by atoms with van der Waals surface area (Å²) in [5, 5.41) is 10.3. The van der Waals surface area contributed by atoms with E-state index in [9.17, 15) is 5.11 Å². The fraction of sp³-hybridized carbons (Fsp3) is 0.739. The van der Waals surface area contributed by atoms with Gasteiger partial charge in [-0.15, -0.1) is 0 Å². The number of aliphatic hydroxyl groups is 1. The summed E-state index contributed by atoms with van der Waals surface area (Å²) in [6, 6.07) is 6.94. The second-order valence-electron chi connectivity index (χ2n) is 8.90. The van der Waals surface area contributed by atoms with E-state index in [1.165, 1.54) is 63.8 Å². The monoisotopic (exact) mass is 403 g/mol. The highest BCUT2D eigenvalue weighted by atomic mass is 16.5. The molecule has 0 aliphatic carbocycles. The van der Waals surface area contributed by atoms with Crippen molar-refractivity contribution in [3.8, 4) is 11.5 Å². The smallest absolute Gasteiger partial charge is 0.161 e. The Kier molecular flexibility index (Phi) is 7.29. The van der Waals surface area contributed by atoms with Gasteiger partial charge in [-0.25, -0.2) is 0 Å². The maximum atomic E-state index is 10.3. The Morgan fingerprint density at radius 2 is 1.69 bits per heavy atom. The molecule has 3 fully saturated rings. The lowest BCUT2D eigenvalue weighted by atomic mass is 10.0. The van der Waals surface area contributed by atoms with Crippen LogP contribution in [0.5, 0.6) is 11.5 Å². The van der Waals surface area contributed by atoms with E-state index in [-0.39, 0.29) is 0 Å². The maximum absolute atomic E-state index is 10.3. The maximum Gasteiger partial charge on any atom is 0.161 e. The van der Waals surface area contributed by atoms with Crippen LogP contribution < -0.4 is 9.47 Å². The number of methoxy groups -OCH3 is 1. The van der Waals surface area contributed by atoms with Crippen molar-refractivity contribution in [1.82, 2.24) is 14.7 Å². The van der Waals surface area contributed by atoms with E-state index in [0.717, 1.165) is 31.4 Å². The van der Waals surface area contributed by atoms with Crippen molar-refractivity contribution < 1.29 is 14.6 Å². The number of rotatable bonds is 9. The largest absolute Gasteiger partial charge is 0.493 e. The molecule has 0 amide bonds. The number of aliphatic hydroxyl groups excluding tert-OH is 1. The van der Waals surface area contributed by atoms with E-state index in [4.69, 9.17) is 9.47 Å². The van der Waals surface area contributed by atoms with Crippen LogP contribution in [0.25, 0.3) is 0 Å². The van der Waals surface area contributed by atoms with Crippen molar-refractivity contribution in [2.24, 2.45) is 0 Å². The first-order valence-electron chi connectivity index (χ1n) is 11.4. The molecule has 0 radical (unpaired) electrons. The zero-order valence-corrected chi connectivity index (χ0v) is 17.9. The molecule has 0 saturated carbocycles. The summed E-state index contributed by atoms with van der Waals surface area (Å²) in [7, 11) is 1.68. The average Bonchev–Trinajstić information content (AvgIpc) is 3.22. The van der Waals surface area contributed by atoms with Gasteiger partial charge in [0.25, 0.3) is 0 Å². The van der Waals surface area contributed by atoms with Gasteiger partial charge in [-0.05, 0) is 69.6 Å². The SMILES string of the molecule is COc1cc(CN2CC(N3CCCCC3)C2)ccc1OC[C@H](O)CN1CCCC1. The number of piperidine rings is 1. The summed E-state index contributed by atoms with van der Waals surface area (Å²) >= 11 is 0. The van der Waals surface area contributed by atoms with Crippen LogP contribution in [0.1, 0.15) is 37.7 Å². The number of nitrogens with zero attached hydrogens (tertiary/aromatic N) is 3. The summed E-state index contributed by atoms with van der Waals surface area (Å²) in [6.45, 7) is 9.02. The van der Waals surface area contributed by atoms with Crippen LogP contribution in [0.2, 0.25) is 0 Å². The Morgan fingerprint density at radius 3 is 2.41 bits per heavy atom. The van der Waals surface area contributed by atoms with Gasteiger partial charge in [-0.1, -0.05) is 12.5 Å². The highest BCUT2D eigenvalue weighted by molar-refractivity contribution is 5.43. The predicted octanol–water partition coefficient (Wildman–Crippen LogP) is 2.20. The van der Waals surface area contributed by atoms with Crippen LogP contribution in [0, 0.1) is 0 Å². The van der Waals surface area contributed by atoms with Gasteiger partial charge < -0.3 is 19.5 Å². The van der Waals surface area contributed by atoms with E-state index in [1.807, 2.05) is 6.07 Å². The van der Waals surface area contributed by atoms with Crippen LogP contribution in [-0.2, 0) is 6.54 Å². The Bertz CT molecular complexity index is 638. The first kappa shape index (κ1) is 20.9. The van der Waals surface area contributed by atoms with Crippen LogP contribution in [0.4, 0.5) is 0 Å². The van der Waals surface area contributed by atoms with E-state index in [0.29, 0.717) is 18.9 Å². The fourth-order valence-corrected chi connectivity index (χ4v) is 4.88. The molecule has 4 rings (SSSR count). The minimum absolute atomic E-state index is 0.301. The molecule has 0 spiro atoms. The van der Waals surface area contributed by atoms with Crippen molar-refractivity contribution in [2.45, 2.75) is 50.8 Å². The molecule has 6 heteroatoms. The minimum atomic E-state index is -0.467. The van der Waals surface area contributed by atoms with Gasteiger partial charge in [-0.2, -0.15) is 0 Å². The van der Waals surface area contributed by atoms with Gasteiger partial charge in [0, 0.05) is 32.2 Å². The van der Waals surface area contributed by atoms with E-state index >= 15 is 0 Å². The van der Waals surface area contributed by atoms with Crippen molar-refractivity contribution in [2.75, 3.05) is 59.5 Å². The quantitative estimate of drug-likeness (QED) is 0.682. The Hall–Kier alpha value is -1.34. The number of benzene rings is 1. The van der Waals surface area contributed by atoms with Gasteiger partial charge >= 0.3 is 0 Å². The topological polar surface area (TPSA) is 48.4 Å². The van der Waals surface area contributed by atoms with Crippen molar-refractivity contribution in [3.63, 3.8) is 0 Å². The molecule has 3 aliphatic heterocycles. The number of likely N-dealkylation sites (tertiary alicyclic amines) is 3. The van der Waals surface area contributed by atoms with E-state index in [1.54, 1.807) is 7.11 Å². The van der Waals surface area contributed by atoms with Gasteiger partial charge in [0.2, 0.25) is 0 Å². The standard InChI is InChI=1S/C23H37N3O3/c1-28-23-13-19(14-25-15-20(16-25)26-11-3-2-4-12-26)7-8-22(23)29-18-21(27)17-24-9-5-6-10-24/h7-8,13,20-21,27H,2-6,9-12,14-18H2,1H3/t21-/m1/s1. The molecule has 1 aromatic rings. The number of hydrogen-bond donors (Lipinski definition) is 1. The molecule has 3 saturated heterocycles. The third-order valence-electron chi connectivity index (χ3n) is 6.58. The van der Waals surface area contributed by atoms with Crippen LogP contribution in [-0.4, -0.2) is 91.5 Å². The molecular weight excluding hydrogens is 366 g/mol. The third kappa shape index (κ3) is 5.63. The molecule has 3 aliphatic rings. The zero-order chi connectivity index (χ0) is 20.1. The second-order valence-corrected chi connectivity index (χ2v) is 8.90. The van der Waals surface area contributed by atoms with Gasteiger partial charge in [0.15, 0.2) is 11.5 Å². The molecular formula is C23H37N3O3. The molecule has 1 aromatic carbocycles. The lowest BCUT2D eigenvalue weighted by Crippen LogP contribution is -2.59. The molecule has 0 aromatic heterocycles. The average molecular weight is 404 g/mol. The van der Waals surface area contributed by atoms with Crippen LogP contribution in [0.3, 0.4) is 0 Å². The zero-order valence-electron chi connectivity index (χ0n) is 17.9. The van der Waals surface area contributed by atoms with Gasteiger partial charge in [0.1, 0.15) is 12.7 Å². The molecule has 0 bridgehead atoms. The third-order valence-corrected chi connectivity index (χ3v) is 6.58. The van der Waals surface area contributed by atoms with Crippen molar-refractivity contribution in [1.29, 1.82) is 0 Å². The molecule has 1 N–H and O–H groups in total. The van der Waals surface area contributed by atoms with E-state index < -0.39 is 6.10 Å². The normalized spacial score (nSPS) is 23.1. The van der Waals surface area contributed by atoms with E-state index in [2.05, 4.69) is 26.8 Å². The number of ether oxygens (including phenoxy) is 2. The lowest BCUT2D eigenvalue weighted by Gasteiger charge is -2.46. The summed E-state index contributed by atoms with van der Waals surface area (Å²) in [5.41, 5.74) is 1.25. The summed E-state index contributed by atoms with van der Waals surface area (Å²) < 4.78 is 11.4. The Morgan fingerprint density at radius 1 is 0.966 bits per heavy atom. The predicted molar refractivity (Wildman–Crippen MR) is 115 cm³/mol. The van der Waals surface area contributed by atoms with Crippen molar-refractivity contribution in [3.05, 3.63) is 23.8 Å². The van der Waals surface area contributed by atoms with Crippen LogP contribution >= 0.6 is 0 Å². The van der Waals surface area contributed by atoms with Crippen LogP contribution in [0.15, 0.2) is 18.2 Å². The first-order valence-corrected chi connectivity index (χ1v) is 11.4. The summed E-state index contributed by atoms with van der Waals surface area (Å²) in [4.78, 5) is 7.48. The van der Waals surface area contributed by atoms with Gasteiger partial charge in [-0.3, -0.25) is 9.80 Å². The second kappa shape index (κ2) is 10.1. The molecule has 1 atom stereocenters. The minimum Gasteiger partial charge on any atom is -0.493 e. The first-order chi connectivity index (χ1) is 14.2. The Balaban J connectivity index is 1.23. The highest BCUT2D eigenvalue weighted by Gasteiger charge is 2.32. The summed E-state index contributed by atoms with van der Waals surface area (Å²) in [6.07, 6.45) is 6.13. The summed E-state index contributed by atoms with van der Waals surface area (Å²) in [5.74, 6) is 1.47. The molecule has 162 valence electrons. The van der Waals surface area contributed by atoms with Crippen molar-refractivity contribution >= 4 is 0 Å². The van der Waals surface area contributed by atoms with Gasteiger partial charge in [0.05, 0.1) is 7.11 Å². The molecule has 6 nitrogen and oxygen atoms in total. The number of β-amino-alcohol motifs (C(OH)–C–C–N with tert-alkyl or cyclic N) is 1. The molecule has 0 unspecified atom stereocenters.